The van der Waals surface area contributed by atoms with Crippen LogP contribution in [0.2, 0.25) is 5.22 Å². The second-order valence-corrected chi connectivity index (χ2v) is 4.57. The van der Waals surface area contributed by atoms with Gasteiger partial charge in [0.15, 0.2) is 16.8 Å². The molecule has 1 N–H and O–H groups in total. The van der Waals surface area contributed by atoms with Crippen LogP contribution in [0.1, 0.15) is 0 Å². The number of imidazole rings is 1. The van der Waals surface area contributed by atoms with Crippen LogP contribution in [0.15, 0.2) is 39.5 Å². The molecule has 6 heteroatoms. The van der Waals surface area contributed by atoms with E-state index in [0.29, 0.717) is 26.9 Å². The molecule has 17 heavy (non-hydrogen) atoms. The minimum absolute atomic E-state index is 0.149. The number of furan rings is 1. The van der Waals surface area contributed by atoms with E-state index in [2.05, 4.69) is 20.9 Å². The molecule has 0 saturated carbocycles. The highest BCUT2D eigenvalue weighted by atomic mass is 79.9. The van der Waals surface area contributed by atoms with Crippen LogP contribution >= 0.6 is 27.5 Å². The number of fused-ring (bicyclic) bond motifs is 1. The van der Waals surface area contributed by atoms with Crippen molar-refractivity contribution in [3.63, 3.8) is 0 Å². The van der Waals surface area contributed by atoms with Crippen LogP contribution in [0, 0.1) is 0 Å². The summed E-state index contributed by atoms with van der Waals surface area (Å²) < 4.78 is 7.60. The zero-order chi connectivity index (χ0) is 12.0. The topological polar surface area (TPSA) is 50.7 Å². The smallest absolute Gasteiger partial charge is 0.194 e. The maximum absolute atomic E-state index is 9.77. The van der Waals surface area contributed by atoms with Crippen molar-refractivity contribution in [2.24, 2.45) is 0 Å². The van der Waals surface area contributed by atoms with Crippen LogP contribution in [-0.2, 0) is 0 Å². The van der Waals surface area contributed by atoms with Crippen LogP contribution in [0.5, 0.6) is 5.75 Å². The number of pyridine rings is 1. The van der Waals surface area contributed by atoms with E-state index < -0.39 is 0 Å². The summed E-state index contributed by atoms with van der Waals surface area (Å²) in [5, 5.41) is 10.1. The van der Waals surface area contributed by atoms with Gasteiger partial charge in [0.25, 0.3) is 0 Å². The van der Waals surface area contributed by atoms with Gasteiger partial charge in [-0.25, -0.2) is 4.98 Å². The average Bonchev–Trinajstić information content (AvgIpc) is 2.84. The first-order valence-corrected chi connectivity index (χ1v) is 5.95. The molecule has 0 fully saturated rings. The summed E-state index contributed by atoms with van der Waals surface area (Å²) in [5.41, 5.74) is 0.593. The molecule has 0 bridgehead atoms. The molecular formula is C11H6BrClN2O2. The third-order valence-electron chi connectivity index (χ3n) is 2.39. The number of aromatic nitrogens is 2. The van der Waals surface area contributed by atoms with Crippen molar-refractivity contribution in [1.29, 1.82) is 0 Å². The second-order valence-electron chi connectivity index (χ2n) is 3.44. The standard InChI is InChI=1S/C11H6BrClN2O2/c12-10-9-6(16)2-1-5-15(9)11(14-10)7-3-4-8(13)17-7/h1-5,16H. The Hall–Kier alpha value is -1.46. The molecule has 0 aliphatic heterocycles. The molecule has 0 amide bonds. The van der Waals surface area contributed by atoms with E-state index in [-0.39, 0.29) is 5.75 Å². The van der Waals surface area contributed by atoms with Gasteiger partial charge in [-0.2, -0.15) is 0 Å². The van der Waals surface area contributed by atoms with E-state index >= 15 is 0 Å². The number of aromatic hydroxyl groups is 1. The molecule has 0 radical (unpaired) electrons. The third kappa shape index (κ3) is 1.62. The Morgan fingerprint density at radius 1 is 1.35 bits per heavy atom. The summed E-state index contributed by atoms with van der Waals surface area (Å²) in [4.78, 5) is 4.30. The van der Waals surface area contributed by atoms with Gasteiger partial charge in [-0.3, -0.25) is 4.40 Å². The summed E-state index contributed by atoms with van der Waals surface area (Å²) >= 11 is 9.04. The SMILES string of the molecule is Oc1cccn2c(-c3ccc(Cl)o3)nc(Br)c12. The molecule has 0 aromatic carbocycles. The lowest BCUT2D eigenvalue weighted by Gasteiger charge is -1.99. The summed E-state index contributed by atoms with van der Waals surface area (Å²) in [6.07, 6.45) is 1.79. The molecule has 0 unspecified atom stereocenters. The monoisotopic (exact) mass is 312 g/mol. The zero-order valence-corrected chi connectivity index (χ0v) is 10.7. The van der Waals surface area contributed by atoms with Crippen molar-refractivity contribution in [3.8, 4) is 17.3 Å². The lowest BCUT2D eigenvalue weighted by atomic mass is 10.4. The number of hydrogen-bond acceptors (Lipinski definition) is 3. The van der Waals surface area contributed by atoms with Gasteiger partial charge >= 0.3 is 0 Å². The fourth-order valence-corrected chi connectivity index (χ4v) is 2.40. The highest BCUT2D eigenvalue weighted by Crippen LogP contribution is 2.32. The van der Waals surface area contributed by atoms with Crippen molar-refractivity contribution < 1.29 is 9.52 Å². The average molecular weight is 314 g/mol. The molecule has 86 valence electrons. The Morgan fingerprint density at radius 2 is 2.18 bits per heavy atom. The van der Waals surface area contributed by atoms with E-state index in [1.807, 2.05) is 0 Å². The quantitative estimate of drug-likeness (QED) is 0.745. The van der Waals surface area contributed by atoms with Crippen LogP contribution in [0.4, 0.5) is 0 Å². The fourth-order valence-electron chi connectivity index (χ4n) is 1.69. The predicted molar refractivity (Wildman–Crippen MR) is 67.3 cm³/mol. The largest absolute Gasteiger partial charge is 0.506 e. The van der Waals surface area contributed by atoms with E-state index in [9.17, 15) is 5.11 Å². The molecule has 0 aliphatic carbocycles. The van der Waals surface area contributed by atoms with Gasteiger partial charge in [0.1, 0.15) is 15.9 Å². The molecule has 3 heterocycles. The first-order valence-electron chi connectivity index (χ1n) is 4.78. The lowest BCUT2D eigenvalue weighted by Crippen LogP contribution is -1.87. The van der Waals surface area contributed by atoms with Crippen LogP contribution < -0.4 is 0 Å². The minimum atomic E-state index is 0.149. The number of hydrogen-bond donors (Lipinski definition) is 1. The van der Waals surface area contributed by atoms with Crippen LogP contribution in [0.25, 0.3) is 17.1 Å². The summed E-state index contributed by atoms with van der Waals surface area (Å²) in [6.45, 7) is 0. The molecule has 0 spiro atoms. The molecule has 3 aromatic heterocycles. The maximum Gasteiger partial charge on any atom is 0.194 e. The van der Waals surface area contributed by atoms with Crippen molar-refractivity contribution >= 4 is 33.0 Å². The van der Waals surface area contributed by atoms with Gasteiger partial charge < -0.3 is 9.52 Å². The van der Waals surface area contributed by atoms with E-state index in [1.54, 1.807) is 34.9 Å². The van der Waals surface area contributed by atoms with E-state index in [1.165, 1.54) is 0 Å². The normalized spacial score (nSPS) is 11.2. The predicted octanol–water partition coefficient (Wildman–Crippen LogP) is 3.72. The first-order chi connectivity index (χ1) is 8.16. The van der Waals surface area contributed by atoms with E-state index in [4.69, 9.17) is 16.0 Å². The van der Waals surface area contributed by atoms with Gasteiger partial charge in [0.2, 0.25) is 0 Å². The number of halogens is 2. The third-order valence-corrected chi connectivity index (χ3v) is 3.15. The second kappa shape index (κ2) is 3.78. The van der Waals surface area contributed by atoms with Gasteiger partial charge in [-0.1, -0.05) is 0 Å². The van der Waals surface area contributed by atoms with Crippen molar-refractivity contribution in [3.05, 3.63) is 40.3 Å². The van der Waals surface area contributed by atoms with Crippen LogP contribution in [0.3, 0.4) is 0 Å². The molecule has 0 saturated heterocycles. The molecule has 3 aromatic rings. The number of rotatable bonds is 1. The highest BCUT2D eigenvalue weighted by molar-refractivity contribution is 9.10. The van der Waals surface area contributed by atoms with E-state index in [0.717, 1.165) is 0 Å². The Kier molecular flexibility index (Phi) is 2.38. The Labute approximate surface area is 110 Å². The molecular weight excluding hydrogens is 307 g/mol. The van der Waals surface area contributed by atoms with Gasteiger partial charge in [0.05, 0.1) is 0 Å². The van der Waals surface area contributed by atoms with Gasteiger partial charge in [-0.15, -0.1) is 0 Å². The van der Waals surface area contributed by atoms with Crippen molar-refractivity contribution in [1.82, 2.24) is 9.38 Å². The summed E-state index contributed by atoms with van der Waals surface area (Å²) in [6, 6.07) is 6.70. The summed E-state index contributed by atoms with van der Waals surface area (Å²) in [7, 11) is 0. The van der Waals surface area contributed by atoms with Gasteiger partial charge in [-0.05, 0) is 51.8 Å². The Morgan fingerprint density at radius 3 is 2.88 bits per heavy atom. The fraction of sp³-hybridized carbons (Fsp3) is 0. The zero-order valence-electron chi connectivity index (χ0n) is 8.39. The van der Waals surface area contributed by atoms with Gasteiger partial charge in [0, 0.05) is 6.20 Å². The minimum Gasteiger partial charge on any atom is -0.506 e. The summed E-state index contributed by atoms with van der Waals surface area (Å²) in [5.74, 6) is 1.27. The highest BCUT2D eigenvalue weighted by Gasteiger charge is 2.16. The molecule has 4 nitrogen and oxygen atoms in total. The van der Waals surface area contributed by atoms with Crippen molar-refractivity contribution in [2.75, 3.05) is 0 Å². The maximum atomic E-state index is 9.77. The van der Waals surface area contributed by atoms with Crippen LogP contribution in [-0.4, -0.2) is 14.5 Å². The molecule has 3 rings (SSSR count). The first kappa shape index (κ1) is 10.7. The lowest BCUT2D eigenvalue weighted by molar-refractivity contribution is 0.479. The molecule has 0 atom stereocenters. The van der Waals surface area contributed by atoms with Crippen molar-refractivity contribution in [2.45, 2.75) is 0 Å². The Balaban J connectivity index is 2.35. The Bertz CT molecular complexity index is 705. The molecule has 0 aliphatic rings. The number of nitrogens with zero attached hydrogens (tertiary/aromatic N) is 2.